The molecule has 158 valence electrons. The van der Waals surface area contributed by atoms with Crippen LogP contribution in [0.4, 0.5) is 11.4 Å². The standard InChI is InChI=1S/C20H20BrN3O5S/c1-4-28-18-8-7-15(10-16(18)21)24-30(26,27)19-11-14(6-5-12(19)2)22-20(25)17-9-13(3)29-23-17/h5-11,24H,4H2,1-3H3,(H,22,25). The summed E-state index contributed by atoms with van der Waals surface area (Å²) in [4.78, 5) is 12.3. The maximum atomic E-state index is 13.0. The number of aryl methyl sites for hydroxylation is 2. The van der Waals surface area contributed by atoms with Crippen LogP contribution >= 0.6 is 15.9 Å². The van der Waals surface area contributed by atoms with Crippen molar-refractivity contribution >= 4 is 43.2 Å². The molecule has 0 aliphatic carbocycles. The van der Waals surface area contributed by atoms with Crippen molar-refractivity contribution in [3.63, 3.8) is 0 Å². The van der Waals surface area contributed by atoms with Crippen LogP contribution in [0.5, 0.6) is 5.75 Å². The van der Waals surface area contributed by atoms with Crippen LogP contribution in [-0.2, 0) is 10.0 Å². The quantitative estimate of drug-likeness (QED) is 0.500. The van der Waals surface area contributed by atoms with E-state index in [1.54, 1.807) is 44.2 Å². The van der Waals surface area contributed by atoms with Gasteiger partial charge in [0.05, 0.1) is 21.7 Å². The minimum Gasteiger partial charge on any atom is -0.493 e. The first-order valence-electron chi connectivity index (χ1n) is 9.00. The van der Waals surface area contributed by atoms with Gasteiger partial charge in [-0.25, -0.2) is 8.42 Å². The number of anilines is 2. The van der Waals surface area contributed by atoms with E-state index in [0.717, 1.165) is 0 Å². The molecule has 0 aliphatic rings. The van der Waals surface area contributed by atoms with Crippen molar-refractivity contribution in [2.45, 2.75) is 25.7 Å². The third-order valence-electron chi connectivity index (χ3n) is 4.08. The van der Waals surface area contributed by atoms with E-state index >= 15 is 0 Å². The van der Waals surface area contributed by atoms with Crippen molar-refractivity contribution in [1.82, 2.24) is 5.16 Å². The monoisotopic (exact) mass is 493 g/mol. The van der Waals surface area contributed by atoms with E-state index in [4.69, 9.17) is 9.26 Å². The number of halogens is 1. The summed E-state index contributed by atoms with van der Waals surface area (Å²) in [5, 5.41) is 6.28. The summed E-state index contributed by atoms with van der Waals surface area (Å²) >= 11 is 3.37. The van der Waals surface area contributed by atoms with E-state index in [1.807, 2.05) is 6.92 Å². The molecule has 1 amide bonds. The second-order valence-electron chi connectivity index (χ2n) is 6.44. The Labute approximate surface area is 182 Å². The molecule has 0 radical (unpaired) electrons. The molecule has 0 unspecified atom stereocenters. The Kier molecular flexibility index (Phi) is 6.47. The third kappa shape index (κ3) is 5.00. The molecule has 0 bridgehead atoms. The molecule has 1 aromatic heterocycles. The van der Waals surface area contributed by atoms with Crippen molar-refractivity contribution in [2.24, 2.45) is 0 Å². The van der Waals surface area contributed by atoms with E-state index in [1.165, 1.54) is 12.1 Å². The number of nitrogens with zero attached hydrogens (tertiary/aromatic N) is 1. The number of carbonyl (C=O) groups is 1. The highest BCUT2D eigenvalue weighted by Gasteiger charge is 2.19. The van der Waals surface area contributed by atoms with Gasteiger partial charge in [0.15, 0.2) is 5.69 Å². The summed E-state index contributed by atoms with van der Waals surface area (Å²) in [5.41, 5.74) is 1.33. The van der Waals surface area contributed by atoms with Crippen LogP contribution in [0.3, 0.4) is 0 Å². The molecule has 0 atom stereocenters. The summed E-state index contributed by atoms with van der Waals surface area (Å²) < 4.78 is 39.4. The topological polar surface area (TPSA) is 111 Å². The van der Waals surface area contributed by atoms with Crippen molar-refractivity contribution in [1.29, 1.82) is 0 Å². The van der Waals surface area contributed by atoms with Crippen LogP contribution in [0, 0.1) is 13.8 Å². The highest BCUT2D eigenvalue weighted by atomic mass is 79.9. The zero-order valence-electron chi connectivity index (χ0n) is 16.5. The van der Waals surface area contributed by atoms with Gasteiger partial charge in [-0.1, -0.05) is 11.2 Å². The minimum absolute atomic E-state index is 0.0432. The Bertz CT molecular complexity index is 1190. The molecule has 8 nitrogen and oxygen atoms in total. The summed E-state index contributed by atoms with van der Waals surface area (Å²) in [7, 11) is -3.90. The number of amides is 1. The fraction of sp³-hybridized carbons (Fsp3) is 0.200. The molecule has 3 aromatic rings. The Morgan fingerprint density at radius 2 is 1.87 bits per heavy atom. The molecule has 10 heteroatoms. The number of ether oxygens (including phenoxy) is 1. The van der Waals surface area contributed by atoms with Gasteiger partial charge >= 0.3 is 0 Å². The lowest BCUT2D eigenvalue weighted by Gasteiger charge is -2.13. The predicted molar refractivity (Wildman–Crippen MR) is 116 cm³/mol. The zero-order valence-corrected chi connectivity index (χ0v) is 18.9. The van der Waals surface area contributed by atoms with Gasteiger partial charge < -0.3 is 14.6 Å². The highest BCUT2D eigenvalue weighted by Crippen LogP contribution is 2.30. The second kappa shape index (κ2) is 8.88. The van der Waals surface area contributed by atoms with Crippen molar-refractivity contribution < 1.29 is 22.5 Å². The van der Waals surface area contributed by atoms with Crippen LogP contribution in [0.25, 0.3) is 0 Å². The zero-order chi connectivity index (χ0) is 21.9. The van der Waals surface area contributed by atoms with Gasteiger partial charge in [-0.3, -0.25) is 9.52 Å². The van der Waals surface area contributed by atoms with Crippen molar-refractivity contribution in [3.8, 4) is 5.75 Å². The average Bonchev–Trinajstić information content (AvgIpc) is 3.12. The second-order valence-corrected chi connectivity index (χ2v) is 8.95. The van der Waals surface area contributed by atoms with Gasteiger partial charge in [0, 0.05) is 11.8 Å². The molecule has 30 heavy (non-hydrogen) atoms. The van der Waals surface area contributed by atoms with Crippen LogP contribution in [-0.4, -0.2) is 26.1 Å². The lowest BCUT2D eigenvalue weighted by Crippen LogP contribution is -2.16. The molecule has 0 saturated carbocycles. The summed E-state index contributed by atoms with van der Waals surface area (Å²) in [6, 6.07) is 11.0. The summed E-state index contributed by atoms with van der Waals surface area (Å²) in [6.07, 6.45) is 0. The highest BCUT2D eigenvalue weighted by molar-refractivity contribution is 9.10. The van der Waals surface area contributed by atoms with Gasteiger partial charge in [-0.05, 0) is 72.6 Å². The fourth-order valence-corrected chi connectivity index (χ4v) is 4.50. The Hall–Kier alpha value is -2.85. The Balaban J connectivity index is 1.84. The molecule has 0 saturated heterocycles. The van der Waals surface area contributed by atoms with Gasteiger partial charge in [0.2, 0.25) is 0 Å². The Morgan fingerprint density at radius 1 is 1.13 bits per heavy atom. The normalized spacial score (nSPS) is 11.2. The number of carbonyl (C=O) groups excluding carboxylic acids is 1. The van der Waals surface area contributed by atoms with Gasteiger partial charge in [0.1, 0.15) is 11.5 Å². The summed E-state index contributed by atoms with van der Waals surface area (Å²) in [5.74, 6) is 0.616. The number of sulfonamides is 1. The van der Waals surface area contributed by atoms with E-state index in [9.17, 15) is 13.2 Å². The largest absolute Gasteiger partial charge is 0.493 e. The lowest BCUT2D eigenvalue weighted by atomic mass is 10.2. The van der Waals surface area contributed by atoms with Crippen LogP contribution < -0.4 is 14.8 Å². The molecule has 0 aliphatic heterocycles. The maximum Gasteiger partial charge on any atom is 0.277 e. The van der Waals surface area contributed by atoms with E-state index < -0.39 is 15.9 Å². The Morgan fingerprint density at radius 3 is 2.50 bits per heavy atom. The first kappa shape index (κ1) is 21.8. The van der Waals surface area contributed by atoms with Crippen LogP contribution in [0.1, 0.15) is 28.7 Å². The molecule has 3 rings (SSSR count). The van der Waals surface area contributed by atoms with Gasteiger partial charge in [0.25, 0.3) is 15.9 Å². The van der Waals surface area contributed by atoms with Crippen molar-refractivity contribution in [2.75, 3.05) is 16.6 Å². The lowest BCUT2D eigenvalue weighted by molar-refractivity contribution is 0.101. The number of benzene rings is 2. The molecule has 1 heterocycles. The SMILES string of the molecule is CCOc1ccc(NS(=O)(=O)c2cc(NC(=O)c3cc(C)on3)ccc2C)cc1Br. The van der Waals surface area contributed by atoms with Crippen LogP contribution in [0.2, 0.25) is 0 Å². The average molecular weight is 494 g/mol. The van der Waals surface area contributed by atoms with Crippen molar-refractivity contribution in [3.05, 3.63) is 64.0 Å². The van der Waals surface area contributed by atoms with E-state index in [2.05, 4.69) is 31.1 Å². The van der Waals surface area contributed by atoms with Gasteiger partial charge in [-0.15, -0.1) is 0 Å². The predicted octanol–water partition coefficient (Wildman–Crippen LogP) is 4.51. The van der Waals surface area contributed by atoms with E-state index in [0.29, 0.717) is 39.5 Å². The van der Waals surface area contributed by atoms with Crippen LogP contribution in [0.15, 0.2) is 56.4 Å². The number of rotatable bonds is 7. The summed E-state index contributed by atoms with van der Waals surface area (Å²) in [6.45, 7) is 5.71. The van der Waals surface area contributed by atoms with Gasteiger partial charge in [-0.2, -0.15) is 0 Å². The third-order valence-corrected chi connectivity index (χ3v) is 6.22. The number of aromatic nitrogens is 1. The molecule has 0 fully saturated rings. The number of hydrogen-bond donors (Lipinski definition) is 2. The fourth-order valence-electron chi connectivity index (χ4n) is 2.68. The smallest absolute Gasteiger partial charge is 0.277 e. The minimum atomic E-state index is -3.90. The van der Waals surface area contributed by atoms with E-state index in [-0.39, 0.29) is 10.6 Å². The number of hydrogen-bond acceptors (Lipinski definition) is 6. The molecule has 2 N–H and O–H groups in total. The molecule has 2 aromatic carbocycles. The molecular formula is C20H20BrN3O5S. The first-order valence-corrected chi connectivity index (χ1v) is 11.3. The maximum absolute atomic E-state index is 13.0. The molecular weight excluding hydrogens is 474 g/mol. The first-order chi connectivity index (χ1) is 14.2. The molecule has 0 spiro atoms. The number of nitrogens with one attached hydrogen (secondary N) is 2.